The van der Waals surface area contributed by atoms with Gasteiger partial charge >= 0.3 is 6.61 Å². The molecule has 0 atom stereocenters. The summed E-state index contributed by atoms with van der Waals surface area (Å²) in [6.07, 6.45) is 0. The first-order chi connectivity index (χ1) is 9.54. The number of rotatable bonds is 5. The smallest absolute Gasteiger partial charge is 0.387 e. The van der Waals surface area contributed by atoms with Gasteiger partial charge in [0.15, 0.2) is 0 Å². The third-order valence-electron chi connectivity index (χ3n) is 2.59. The monoisotopic (exact) mass is 343 g/mol. The second-order valence-electron chi connectivity index (χ2n) is 4.04. The predicted molar refractivity (Wildman–Crippen MR) is 76.2 cm³/mol. The van der Waals surface area contributed by atoms with E-state index in [9.17, 15) is 13.9 Å². The van der Waals surface area contributed by atoms with Crippen LogP contribution in [0.2, 0.25) is 0 Å². The molecule has 6 heteroatoms. The summed E-state index contributed by atoms with van der Waals surface area (Å²) in [4.78, 5) is 0. The van der Waals surface area contributed by atoms with Crippen LogP contribution in [0.4, 0.5) is 14.5 Å². The molecule has 0 fully saturated rings. The Bertz CT molecular complexity index is 576. The Morgan fingerprint density at radius 2 is 1.85 bits per heavy atom. The SMILES string of the molecule is Oc1ccc(CNc2ccc(OC(F)F)cc2)cc1Br. The first-order valence-corrected chi connectivity index (χ1v) is 6.60. The van der Waals surface area contributed by atoms with Crippen molar-refractivity contribution in [2.45, 2.75) is 13.2 Å². The second kappa shape index (κ2) is 6.56. The first kappa shape index (κ1) is 14.6. The number of ether oxygens (including phenoxy) is 1. The number of nitrogens with one attached hydrogen (secondary N) is 1. The van der Waals surface area contributed by atoms with E-state index < -0.39 is 6.61 Å². The predicted octanol–water partition coefficient (Wildman–Crippen LogP) is 4.37. The molecule has 0 aliphatic carbocycles. The van der Waals surface area contributed by atoms with Crippen LogP contribution in [0.1, 0.15) is 5.56 Å². The van der Waals surface area contributed by atoms with Crippen molar-refractivity contribution in [2.24, 2.45) is 0 Å². The molecular formula is C14H12BrF2NO2. The fourth-order valence-corrected chi connectivity index (χ4v) is 2.04. The van der Waals surface area contributed by atoms with Gasteiger partial charge < -0.3 is 15.2 Å². The van der Waals surface area contributed by atoms with Gasteiger partial charge in [0, 0.05) is 12.2 Å². The second-order valence-corrected chi connectivity index (χ2v) is 4.90. The van der Waals surface area contributed by atoms with E-state index in [2.05, 4.69) is 26.0 Å². The number of hydrogen-bond acceptors (Lipinski definition) is 3. The minimum Gasteiger partial charge on any atom is -0.507 e. The van der Waals surface area contributed by atoms with Gasteiger partial charge in [-0.3, -0.25) is 0 Å². The van der Waals surface area contributed by atoms with Crippen LogP contribution in [-0.2, 0) is 6.54 Å². The van der Waals surface area contributed by atoms with Crippen molar-refractivity contribution in [3.05, 3.63) is 52.5 Å². The number of hydrogen-bond donors (Lipinski definition) is 2. The van der Waals surface area contributed by atoms with Gasteiger partial charge in [0.05, 0.1) is 4.47 Å². The highest BCUT2D eigenvalue weighted by atomic mass is 79.9. The average Bonchev–Trinajstić information content (AvgIpc) is 2.41. The molecule has 0 aromatic heterocycles. The maximum atomic E-state index is 12.0. The topological polar surface area (TPSA) is 41.5 Å². The lowest BCUT2D eigenvalue weighted by Gasteiger charge is -2.09. The summed E-state index contributed by atoms with van der Waals surface area (Å²) >= 11 is 3.24. The molecule has 0 bridgehead atoms. The number of anilines is 1. The molecule has 106 valence electrons. The molecular weight excluding hydrogens is 332 g/mol. The van der Waals surface area contributed by atoms with E-state index in [1.807, 2.05) is 0 Å². The van der Waals surface area contributed by atoms with Gasteiger partial charge in [-0.1, -0.05) is 6.07 Å². The van der Waals surface area contributed by atoms with Crippen molar-refractivity contribution < 1.29 is 18.6 Å². The van der Waals surface area contributed by atoms with Crippen molar-refractivity contribution in [3.63, 3.8) is 0 Å². The number of alkyl halides is 2. The quantitative estimate of drug-likeness (QED) is 0.846. The molecule has 0 aliphatic rings. The Balaban J connectivity index is 1.95. The lowest BCUT2D eigenvalue weighted by molar-refractivity contribution is -0.0498. The minimum atomic E-state index is -2.82. The van der Waals surface area contributed by atoms with Crippen molar-refractivity contribution >= 4 is 21.6 Å². The van der Waals surface area contributed by atoms with E-state index in [4.69, 9.17) is 0 Å². The molecule has 0 saturated heterocycles. The summed E-state index contributed by atoms with van der Waals surface area (Å²) < 4.78 is 28.9. The van der Waals surface area contributed by atoms with Crippen molar-refractivity contribution in [2.75, 3.05) is 5.32 Å². The highest BCUT2D eigenvalue weighted by Crippen LogP contribution is 2.25. The normalized spacial score (nSPS) is 10.6. The Morgan fingerprint density at radius 1 is 1.15 bits per heavy atom. The molecule has 2 rings (SSSR count). The Kier molecular flexibility index (Phi) is 4.79. The third kappa shape index (κ3) is 4.09. The maximum Gasteiger partial charge on any atom is 0.387 e. The van der Waals surface area contributed by atoms with Crippen molar-refractivity contribution in [1.82, 2.24) is 0 Å². The molecule has 2 aromatic rings. The minimum absolute atomic E-state index is 0.123. The molecule has 0 unspecified atom stereocenters. The lowest BCUT2D eigenvalue weighted by atomic mass is 10.2. The third-order valence-corrected chi connectivity index (χ3v) is 3.22. The fourth-order valence-electron chi connectivity index (χ4n) is 1.62. The molecule has 0 saturated carbocycles. The van der Waals surface area contributed by atoms with E-state index in [0.717, 1.165) is 11.3 Å². The molecule has 0 aliphatic heterocycles. The van der Waals surface area contributed by atoms with Crippen LogP contribution in [0.3, 0.4) is 0 Å². The first-order valence-electron chi connectivity index (χ1n) is 5.81. The molecule has 0 amide bonds. The Labute approximate surface area is 123 Å². The highest BCUT2D eigenvalue weighted by Gasteiger charge is 2.04. The Hall–Kier alpha value is -1.82. The summed E-state index contributed by atoms with van der Waals surface area (Å²) in [5, 5.41) is 12.5. The standard InChI is InChI=1S/C14H12BrF2NO2/c15-12-7-9(1-6-13(12)19)8-18-10-2-4-11(5-3-10)20-14(16)17/h1-7,14,18-19H,8H2. The van der Waals surface area contributed by atoms with E-state index >= 15 is 0 Å². The van der Waals surface area contributed by atoms with Gasteiger partial charge in [-0.25, -0.2) is 0 Å². The molecule has 2 N–H and O–H groups in total. The molecule has 0 heterocycles. The van der Waals surface area contributed by atoms with E-state index in [1.54, 1.807) is 30.3 Å². The number of phenols is 1. The number of phenolic OH excluding ortho intramolecular Hbond substituents is 1. The zero-order valence-corrected chi connectivity index (χ0v) is 11.9. The van der Waals surface area contributed by atoms with Gasteiger partial charge in [0.25, 0.3) is 0 Å². The van der Waals surface area contributed by atoms with E-state index in [0.29, 0.717) is 11.0 Å². The van der Waals surface area contributed by atoms with Crippen LogP contribution in [0.5, 0.6) is 11.5 Å². The summed E-state index contributed by atoms with van der Waals surface area (Å²) in [5.41, 5.74) is 1.76. The van der Waals surface area contributed by atoms with Gasteiger partial charge in [-0.15, -0.1) is 0 Å². The molecule has 20 heavy (non-hydrogen) atoms. The van der Waals surface area contributed by atoms with E-state index in [-0.39, 0.29) is 11.5 Å². The summed E-state index contributed by atoms with van der Waals surface area (Å²) in [5.74, 6) is 0.306. The van der Waals surface area contributed by atoms with Crippen LogP contribution in [0.15, 0.2) is 46.9 Å². The van der Waals surface area contributed by atoms with Crippen LogP contribution in [-0.4, -0.2) is 11.7 Å². The van der Waals surface area contributed by atoms with E-state index in [1.165, 1.54) is 12.1 Å². The van der Waals surface area contributed by atoms with Gasteiger partial charge in [-0.05, 0) is 57.9 Å². The zero-order valence-electron chi connectivity index (χ0n) is 10.3. The van der Waals surface area contributed by atoms with Crippen LogP contribution in [0.25, 0.3) is 0 Å². The molecule has 0 radical (unpaired) electrons. The zero-order chi connectivity index (χ0) is 14.5. The fraction of sp³-hybridized carbons (Fsp3) is 0.143. The highest BCUT2D eigenvalue weighted by molar-refractivity contribution is 9.10. The summed E-state index contributed by atoms with van der Waals surface area (Å²) in [6.45, 7) is -2.27. The van der Waals surface area contributed by atoms with Crippen molar-refractivity contribution in [1.29, 1.82) is 0 Å². The van der Waals surface area contributed by atoms with Gasteiger partial charge in [-0.2, -0.15) is 8.78 Å². The summed E-state index contributed by atoms with van der Waals surface area (Å²) in [7, 11) is 0. The number of benzene rings is 2. The van der Waals surface area contributed by atoms with Gasteiger partial charge in [0.1, 0.15) is 11.5 Å². The molecule has 0 spiro atoms. The average molecular weight is 344 g/mol. The van der Waals surface area contributed by atoms with Crippen LogP contribution >= 0.6 is 15.9 Å². The van der Waals surface area contributed by atoms with Crippen molar-refractivity contribution in [3.8, 4) is 11.5 Å². The lowest BCUT2D eigenvalue weighted by Crippen LogP contribution is -2.02. The molecule has 2 aromatic carbocycles. The number of halogens is 3. The largest absolute Gasteiger partial charge is 0.507 e. The van der Waals surface area contributed by atoms with Crippen LogP contribution in [0, 0.1) is 0 Å². The van der Waals surface area contributed by atoms with Crippen LogP contribution < -0.4 is 10.1 Å². The molecule has 3 nitrogen and oxygen atoms in total. The number of aromatic hydroxyl groups is 1. The van der Waals surface area contributed by atoms with Gasteiger partial charge in [0.2, 0.25) is 0 Å². The Morgan fingerprint density at radius 3 is 2.45 bits per heavy atom. The maximum absolute atomic E-state index is 12.0. The summed E-state index contributed by atoms with van der Waals surface area (Å²) in [6, 6.07) is 11.5.